The van der Waals surface area contributed by atoms with Crippen molar-refractivity contribution in [3.8, 4) is 5.88 Å². The van der Waals surface area contributed by atoms with Gasteiger partial charge in [0.15, 0.2) is 0 Å². The number of rotatable bonds is 4. The molecule has 3 N–H and O–H groups in total. The molecule has 0 fully saturated rings. The normalized spacial score (nSPS) is 11.2. The monoisotopic (exact) mass is 308 g/mol. The van der Waals surface area contributed by atoms with Gasteiger partial charge in [0.1, 0.15) is 4.90 Å². The van der Waals surface area contributed by atoms with E-state index in [1.165, 1.54) is 13.2 Å². The molecule has 0 spiro atoms. The van der Waals surface area contributed by atoms with Crippen LogP contribution < -0.4 is 15.2 Å². The average molecular weight is 308 g/mol. The fraction of sp³-hybridized carbons (Fsp3) is 0.231. The van der Waals surface area contributed by atoms with Gasteiger partial charge in [0.25, 0.3) is 10.0 Å². The molecule has 0 bridgehead atoms. The van der Waals surface area contributed by atoms with E-state index in [-0.39, 0.29) is 22.4 Å². The Labute approximate surface area is 123 Å². The van der Waals surface area contributed by atoms with Gasteiger partial charge in [-0.05, 0) is 25.5 Å². The molecule has 112 valence electrons. The lowest BCUT2D eigenvalue weighted by molar-refractivity contribution is 0.397. The van der Waals surface area contributed by atoms with Gasteiger partial charge in [0.2, 0.25) is 11.8 Å². The third kappa shape index (κ3) is 3.22. The number of nitrogens with one attached hydrogen (secondary N) is 1. The number of ether oxygens (including phenoxy) is 1. The predicted molar refractivity (Wildman–Crippen MR) is 79.7 cm³/mol. The fourth-order valence-electron chi connectivity index (χ4n) is 1.90. The van der Waals surface area contributed by atoms with Gasteiger partial charge in [0.05, 0.1) is 12.8 Å². The maximum absolute atomic E-state index is 12.4. The third-order valence-corrected chi connectivity index (χ3v) is 4.32. The Kier molecular flexibility index (Phi) is 3.99. The first-order valence-corrected chi connectivity index (χ1v) is 7.59. The summed E-state index contributed by atoms with van der Waals surface area (Å²) >= 11 is 0. The number of hydrogen-bond acceptors (Lipinski definition) is 6. The van der Waals surface area contributed by atoms with Crippen molar-refractivity contribution in [2.75, 3.05) is 17.6 Å². The maximum atomic E-state index is 12.4. The van der Waals surface area contributed by atoms with Crippen LogP contribution in [0.4, 0.5) is 11.6 Å². The first kappa shape index (κ1) is 15.0. The number of nitrogen functional groups attached to an aromatic ring is 1. The molecular weight excluding hydrogens is 292 g/mol. The van der Waals surface area contributed by atoms with Gasteiger partial charge in [0, 0.05) is 11.8 Å². The average Bonchev–Trinajstić information content (AvgIpc) is 2.36. The zero-order valence-corrected chi connectivity index (χ0v) is 12.7. The molecule has 0 saturated carbocycles. The van der Waals surface area contributed by atoms with Crippen molar-refractivity contribution < 1.29 is 13.2 Å². The number of anilines is 2. The van der Waals surface area contributed by atoms with E-state index in [4.69, 9.17) is 10.5 Å². The Morgan fingerprint density at radius 2 is 1.95 bits per heavy atom. The summed E-state index contributed by atoms with van der Waals surface area (Å²) in [5, 5.41) is 0. The summed E-state index contributed by atoms with van der Waals surface area (Å²) in [7, 11) is -2.43. The molecule has 0 aliphatic heterocycles. The van der Waals surface area contributed by atoms with Gasteiger partial charge in [-0.15, -0.1) is 0 Å². The van der Waals surface area contributed by atoms with Crippen LogP contribution in [0, 0.1) is 13.8 Å². The highest BCUT2D eigenvalue weighted by Gasteiger charge is 2.21. The van der Waals surface area contributed by atoms with Crippen LogP contribution in [-0.2, 0) is 10.0 Å². The van der Waals surface area contributed by atoms with Gasteiger partial charge in [-0.3, -0.25) is 0 Å². The first-order valence-electron chi connectivity index (χ1n) is 6.11. The lowest BCUT2D eigenvalue weighted by Gasteiger charge is -2.12. The van der Waals surface area contributed by atoms with E-state index in [0.29, 0.717) is 11.3 Å². The van der Waals surface area contributed by atoms with Gasteiger partial charge < -0.3 is 10.5 Å². The number of nitrogens with zero attached hydrogens (tertiary/aromatic N) is 2. The smallest absolute Gasteiger partial charge is 0.266 e. The van der Waals surface area contributed by atoms with Crippen molar-refractivity contribution >= 4 is 21.7 Å². The van der Waals surface area contributed by atoms with Crippen molar-refractivity contribution in [1.82, 2.24) is 9.97 Å². The highest BCUT2D eigenvalue weighted by Crippen LogP contribution is 2.24. The lowest BCUT2D eigenvalue weighted by atomic mass is 10.2. The van der Waals surface area contributed by atoms with Crippen LogP contribution in [0.3, 0.4) is 0 Å². The van der Waals surface area contributed by atoms with Crippen molar-refractivity contribution in [2.45, 2.75) is 18.7 Å². The predicted octanol–water partition coefficient (Wildman–Crippen LogP) is 1.49. The number of nitrogens with two attached hydrogens (primary N) is 1. The Hall–Kier alpha value is -2.35. The van der Waals surface area contributed by atoms with Crippen LogP contribution in [-0.4, -0.2) is 25.5 Å². The topological polar surface area (TPSA) is 107 Å². The molecule has 8 heteroatoms. The van der Waals surface area contributed by atoms with E-state index in [1.54, 1.807) is 32.0 Å². The van der Waals surface area contributed by atoms with E-state index in [2.05, 4.69) is 14.7 Å². The van der Waals surface area contributed by atoms with Crippen LogP contribution in [0.25, 0.3) is 0 Å². The van der Waals surface area contributed by atoms with Gasteiger partial charge in [-0.25, -0.2) is 18.1 Å². The molecule has 2 aromatic rings. The second kappa shape index (κ2) is 5.57. The van der Waals surface area contributed by atoms with Crippen LogP contribution in [0.2, 0.25) is 0 Å². The molecule has 0 atom stereocenters. The zero-order chi connectivity index (χ0) is 15.6. The van der Waals surface area contributed by atoms with Crippen molar-refractivity contribution in [3.05, 3.63) is 35.5 Å². The molecule has 1 aromatic heterocycles. The van der Waals surface area contributed by atoms with Crippen LogP contribution in [0.1, 0.15) is 11.3 Å². The molecule has 0 saturated heterocycles. The molecule has 1 aromatic carbocycles. The SMILES string of the molecule is COc1cc(C)nc(NS(=O)(=O)c2c(C)cccc2N)n1. The van der Waals surface area contributed by atoms with Crippen molar-refractivity contribution in [1.29, 1.82) is 0 Å². The van der Waals surface area contributed by atoms with Gasteiger partial charge >= 0.3 is 0 Å². The Bertz CT molecular complexity index is 755. The summed E-state index contributed by atoms with van der Waals surface area (Å²) in [5.41, 5.74) is 7.06. The summed E-state index contributed by atoms with van der Waals surface area (Å²) in [5.74, 6) is 0.215. The standard InChI is InChI=1S/C13H16N4O3S/c1-8-5-4-6-10(14)12(8)21(18,19)17-13-15-9(2)7-11(16-13)20-3/h4-7H,14H2,1-3H3,(H,15,16,17). The van der Waals surface area contributed by atoms with E-state index in [9.17, 15) is 8.42 Å². The molecular formula is C13H16N4O3S. The lowest BCUT2D eigenvalue weighted by Crippen LogP contribution is -2.18. The highest BCUT2D eigenvalue weighted by molar-refractivity contribution is 7.93. The molecule has 0 aliphatic carbocycles. The summed E-state index contributed by atoms with van der Waals surface area (Å²) < 4.78 is 32.2. The highest BCUT2D eigenvalue weighted by atomic mass is 32.2. The molecule has 0 amide bonds. The number of sulfonamides is 1. The number of aryl methyl sites for hydroxylation is 2. The van der Waals surface area contributed by atoms with E-state index in [0.717, 1.165) is 0 Å². The molecule has 1 heterocycles. The van der Waals surface area contributed by atoms with Gasteiger partial charge in [-0.2, -0.15) is 4.98 Å². The summed E-state index contributed by atoms with van der Waals surface area (Å²) in [6.07, 6.45) is 0. The van der Waals surface area contributed by atoms with E-state index in [1.807, 2.05) is 0 Å². The quantitative estimate of drug-likeness (QED) is 0.829. The Morgan fingerprint density at radius 1 is 1.24 bits per heavy atom. The summed E-state index contributed by atoms with van der Waals surface area (Å²) in [6, 6.07) is 6.48. The van der Waals surface area contributed by atoms with Gasteiger partial charge in [-0.1, -0.05) is 12.1 Å². The second-order valence-electron chi connectivity index (χ2n) is 4.47. The summed E-state index contributed by atoms with van der Waals surface area (Å²) in [4.78, 5) is 8.01. The molecule has 0 unspecified atom stereocenters. The maximum Gasteiger partial charge on any atom is 0.266 e. The Balaban J connectivity index is 2.45. The van der Waals surface area contributed by atoms with Crippen molar-refractivity contribution in [3.63, 3.8) is 0 Å². The number of hydrogen-bond donors (Lipinski definition) is 2. The minimum atomic E-state index is -3.87. The number of benzene rings is 1. The van der Waals surface area contributed by atoms with Crippen LogP contribution in [0.15, 0.2) is 29.2 Å². The van der Waals surface area contributed by atoms with Crippen molar-refractivity contribution in [2.24, 2.45) is 0 Å². The number of aromatic nitrogens is 2. The van der Waals surface area contributed by atoms with E-state index < -0.39 is 10.0 Å². The van der Waals surface area contributed by atoms with E-state index >= 15 is 0 Å². The third-order valence-electron chi connectivity index (χ3n) is 2.78. The number of methoxy groups -OCH3 is 1. The molecule has 0 radical (unpaired) electrons. The fourth-order valence-corrected chi connectivity index (χ4v) is 3.21. The first-order chi connectivity index (χ1) is 9.83. The molecule has 21 heavy (non-hydrogen) atoms. The van der Waals surface area contributed by atoms with Crippen LogP contribution >= 0.6 is 0 Å². The molecule has 2 rings (SSSR count). The largest absolute Gasteiger partial charge is 0.481 e. The second-order valence-corrected chi connectivity index (χ2v) is 6.09. The zero-order valence-electron chi connectivity index (χ0n) is 11.9. The summed E-state index contributed by atoms with van der Waals surface area (Å²) in [6.45, 7) is 3.38. The van der Waals surface area contributed by atoms with Crippen LogP contribution in [0.5, 0.6) is 5.88 Å². The molecule has 7 nitrogen and oxygen atoms in total. The minimum absolute atomic E-state index is 0.0223. The molecule has 0 aliphatic rings. The Morgan fingerprint density at radius 3 is 2.57 bits per heavy atom. The minimum Gasteiger partial charge on any atom is -0.481 e.